The molecule has 0 aromatic carbocycles. The number of rotatable bonds is 1. The summed E-state index contributed by atoms with van der Waals surface area (Å²) >= 11 is 0. The molecule has 0 aromatic heterocycles. The number of nitrogens with zero attached hydrogens (tertiary/aromatic N) is 1. The molecule has 0 amide bonds. The van der Waals surface area contributed by atoms with Crippen molar-refractivity contribution in [2.75, 3.05) is 0 Å². The highest BCUT2D eigenvalue weighted by molar-refractivity contribution is 5.34. The Labute approximate surface area is 66.5 Å². The molecule has 0 aromatic rings. The highest BCUT2D eigenvalue weighted by atomic mass is 16.8. The van der Waals surface area contributed by atoms with Crippen molar-refractivity contribution in [2.24, 2.45) is 0 Å². The maximum Gasteiger partial charge on any atom is 0.322 e. The highest BCUT2D eigenvalue weighted by Crippen LogP contribution is 2.51. The van der Waals surface area contributed by atoms with Crippen molar-refractivity contribution in [1.82, 2.24) is 0 Å². The maximum atomic E-state index is 10.3. The summed E-state index contributed by atoms with van der Waals surface area (Å²) in [6, 6.07) is 0. The largest absolute Gasteiger partial charge is 0.358 e. The maximum absolute atomic E-state index is 10.3. The number of aliphatic hydroxyl groups is 2. The van der Waals surface area contributed by atoms with Gasteiger partial charge in [0.05, 0.1) is 4.92 Å². The minimum absolute atomic E-state index is 0.549. The van der Waals surface area contributed by atoms with Gasteiger partial charge in [0, 0.05) is 6.08 Å². The van der Waals surface area contributed by atoms with E-state index in [1.165, 1.54) is 6.08 Å². The lowest BCUT2D eigenvalue weighted by Gasteiger charge is -2.06. The van der Waals surface area contributed by atoms with Crippen molar-refractivity contribution in [1.29, 1.82) is 0 Å². The van der Waals surface area contributed by atoms with Gasteiger partial charge >= 0.3 is 11.5 Å². The van der Waals surface area contributed by atoms with Crippen LogP contribution >= 0.6 is 0 Å². The Balaban J connectivity index is 2.43. The van der Waals surface area contributed by atoms with E-state index in [9.17, 15) is 20.3 Å². The Hall–Kier alpha value is -1.24. The summed E-state index contributed by atoms with van der Waals surface area (Å²) in [6.45, 7) is 0. The van der Waals surface area contributed by atoms with Gasteiger partial charge in [-0.25, -0.2) is 0 Å². The van der Waals surface area contributed by atoms with Crippen LogP contribution in [0.2, 0.25) is 0 Å². The van der Waals surface area contributed by atoms with Crippen LogP contribution in [0.5, 0.6) is 0 Å². The third-order valence-corrected chi connectivity index (χ3v) is 1.87. The predicted molar refractivity (Wildman–Crippen MR) is 35.2 cm³/mol. The normalized spacial score (nSPS) is 43.3. The summed E-state index contributed by atoms with van der Waals surface area (Å²) in [5.74, 6) is -4.05. The average Bonchev–Trinajstić information content (AvgIpc) is 2.51. The number of nitro groups is 1. The smallest absolute Gasteiger partial charge is 0.322 e. The Morgan fingerprint density at radius 3 is 2.75 bits per heavy atom. The second-order valence-electron chi connectivity index (χ2n) is 2.61. The molecule has 6 nitrogen and oxygen atoms in total. The summed E-state index contributed by atoms with van der Waals surface area (Å²) in [6.07, 6.45) is 3.50. The number of hydrogen-bond donors (Lipinski definition) is 2. The topological polar surface area (TPSA) is 96.1 Å². The standard InChI is InChI=1S/C6H5NO5/c8-5-3-1-2-4(7(10)11)6(5,9)12-5/h1-3,8-9H. The number of epoxide rings is 1. The molecule has 2 atom stereocenters. The molecular weight excluding hydrogens is 166 g/mol. The fourth-order valence-corrected chi connectivity index (χ4v) is 1.15. The first-order valence-corrected chi connectivity index (χ1v) is 3.19. The van der Waals surface area contributed by atoms with Gasteiger partial charge in [-0.1, -0.05) is 6.08 Å². The lowest BCUT2D eigenvalue weighted by atomic mass is 10.1. The fourth-order valence-electron chi connectivity index (χ4n) is 1.15. The Morgan fingerprint density at radius 2 is 2.25 bits per heavy atom. The van der Waals surface area contributed by atoms with E-state index in [0.717, 1.165) is 12.2 Å². The van der Waals surface area contributed by atoms with E-state index in [4.69, 9.17) is 0 Å². The molecule has 0 saturated carbocycles. The first kappa shape index (κ1) is 7.41. The van der Waals surface area contributed by atoms with E-state index in [1.54, 1.807) is 0 Å². The number of fused-ring (bicyclic) bond motifs is 1. The molecule has 2 aliphatic rings. The molecule has 1 aliphatic carbocycles. The Bertz CT molecular complexity index is 322. The zero-order valence-electron chi connectivity index (χ0n) is 5.80. The molecule has 0 radical (unpaired) electrons. The van der Waals surface area contributed by atoms with Crippen LogP contribution in [-0.4, -0.2) is 26.7 Å². The lowest BCUT2D eigenvalue weighted by Crippen LogP contribution is -2.31. The second-order valence-corrected chi connectivity index (χ2v) is 2.61. The molecule has 1 aliphatic heterocycles. The van der Waals surface area contributed by atoms with Gasteiger partial charge in [-0.3, -0.25) is 14.9 Å². The molecule has 6 heteroatoms. The summed E-state index contributed by atoms with van der Waals surface area (Å²) < 4.78 is 4.44. The van der Waals surface area contributed by atoms with Crippen molar-refractivity contribution in [3.8, 4) is 0 Å². The van der Waals surface area contributed by atoms with E-state index in [1.807, 2.05) is 0 Å². The highest BCUT2D eigenvalue weighted by Gasteiger charge is 2.76. The zero-order chi connectivity index (χ0) is 8.98. The fraction of sp³-hybridized carbons (Fsp3) is 0.333. The molecule has 1 saturated heterocycles. The quantitative estimate of drug-likeness (QED) is 0.303. The van der Waals surface area contributed by atoms with Crippen LogP contribution in [0.25, 0.3) is 0 Å². The molecule has 64 valence electrons. The van der Waals surface area contributed by atoms with Gasteiger partial charge in [-0.05, 0) is 6.08 Å². The minimum atomic E-state index is -2.15. The molecule has 1 fully saturated rings. The van der Waals surface area contributed by atoms with Crippen molar-refractivity contribution < 1.29 is 19.9 Å². The number of hydrogen-bond acceptors (Lipinski definition) is 5. The van der Waals surface area contributed by atoms with Crippen LogP contribution in [-0.2, 0) is 4.74 Å². The second kappa shape index (κ2) is 1.74. The van der Waals surface area contributed by atoms with Gasteiger partial charge < -0.3 is 10.2 Å². The van der Waals surface area contributed by atoms with Gasteiger partial charge in [0.1, 0.15) is 0 Å². The monoisotopic (exact) mass is 171 g/mol. The van der Waals surface area contributed by atoms with Crippen LogP contribution in [0, 0.1) is 10.1 Å². The molecular formula is C6H5NO5. The van der Waals surface area contributed by atoms with Gasteiger partial charge in [-0.2, -0.15) is 0 Å². The van der Waals surface area contributed by atoms with Crippen molar-refractivity contribution in [3.05, 3.63) is 34.0 Å². The Kier molecular flexibility index (Phi) is 1.07. The van der Waals surface area contributed by atoms with Crippen LogP contribution in [0.3, 0.4) is 0 Å². The van der Waals surface area contributed by atoms with Crippen LogP contribution in [0.4, 0.5) is 0 Å². The zero-order valence-corrected chi connectivity index (χ0v) is 5.80. The van der Waals surface area contributed by atoms with Gasteiger partial charge in [-0.15, -0.1) is 0 Å². The summed E-state index contributed by atoms with van der Waals surface area (Å²) in [4.78, 5) is 9.50. The van der Waals surface area contributed by atoms with E-state index >= 15 is 0 Å². The first-order chi connectivity index (χ1) is 5.50. The van der Waals surface area contributed by atoms with Gasteiger partial charge in [0.25, 0.3) is 5.79 Å². The predicted octanol–water partition coefficient (Wildman–Crippen LogP) is -0.876. The van der Waals surface area contributed by atoms with E-state index in [-0.39, 0.29) is 0 Å². The summed E-state index contributed by atoms with van der Waals surface area (Å²) in [7, 11) is 0. The van der Waals surface area contributed by atoms with Crippen LogP contribution in [0.1, 0.15) is 0 Å². The van der Waals surface area contributed by atoms with E-state index < -0.39 is 22.2 Å². The van der Waals surface area contributed by atoms with Crippen LogP contribution in [0.15, 0.2) is 23.9 Å². The van der Waals surface area contributed by atoms with Crippen LogP contribution < -0.4 is 0 Å². The number of allylic oxidation sites excluding steroid dienone is 2. The van der Waals surface area contributed by atoms with Crippen molar-refractivity contribution in [3.63, 3.8) is 0 Å². The third kappa shape index (κ3) is 0.638. The lowest BCUT2D eigenvalue weighted by molar-refractivity contribution is -0.444. The average molecular weight is 171 g/mol. The Morgan fingerprint density at radius 1 is 1.58 bits per heavy atom. The van der Waals surface area contributed by atoms with Crippen molar-refractivity contribution >= 4 is 0 Å². The molecule has 2 N–H and O–H groups in total. The number of ether oxygens (including phenoxy) is 1. The molecule has 0 bridgehead atoms. The summed E-state index contributed by atoms with van der Waals surface area (Å²) in [5, 5.41) is 28.8. The minimum Gasteiger partial charge on any atom is -0.358 e. The summed E-state index contributed by atoms with van der Waals surface area (Å²) in [5.41, 5.74) is -0.549. The van der Waals surface area contributed by atoms with Gasteiger partial charge in [0.2, 0.25) is 0 Å². The third-order valence-electron chi connectivity index (χ3n) is 1.87. The van der Waals surface area contributed by atoms with Gasteiger partial charge in [0.15, 0.2) is 0 Å². The first-order valence-electron chi connectivity index (χ1n) is 3.19. The van der Waals surface area contributed by atoms with Crippen molar-refractivity contribution in [2.45, 2.75) is 11.6 Å². The molecule has 12 heavy (non-hydrogen) atoms. The van der Waals surface area contributed by atoms with E-state index in [0.29, 0.717) is 0 Å². The van der Waals surface area contributed by atoms with E-state index in [2.05, 4.69) is 4.74 Å². The SMILES string of the molecule is O=[N+]([O-])C1=CC=CC2(O)OC12O. The molecule has 2 rings (SSSR count). The molecule has 1 heterocycles. The molecule has 0 spiro atoms. The molecule has 2 unspecified atom stereocenters.